The molecule has 1 aliphatic rings. The molecule has 1 amide bonds. The minimum atomic E-state index is 0.167. The van der Waals surface area contributed by atoms with Gasteiger partial charge in [-0.05, 0) is 25.0 Å². The predicted molar refractivity (Wildman–Crippen MR) is 71.3 cm³/mol. The second kappa shape index (κ2) is 4.74. The summed E-state index contributed by atoms with van der Waals surface area (Å²) < 4.78 is 0. The van der Waals surface area contributed by atoms with Crippen molar-refractivity contribution >= 4 is 11.6 Å². The molecule has 0 spiro atoms. The van der Waals surface area contributed by atoms with Crippen molar-refractivity contribution < 1.29 is 4.79 Å². The van der Waals surface area contributed by atoms with Gasteiger partial charge in [-0.2, -0.15) is 0 Å². The lowest BCUT2D eigenvalue weighted by Gasteiger charge is -2.17. The highest BCUT2D eigenvalue weighted by Crippen LogP contribution is 2.38. The van der Waals surface area contributed by atoms with Crippen molar-refractivity contribution in [3.8, 4) is 0 Å². The van der Waals surface area contributed by atoms with E-state index < -0.39 is 0 Å². The van der Waals surface area contributed by atoms with Crippen LogP contribution in [0.5, 0.6) is 0 Å². The lowest BCUT2D eigenvalue weighted by molar-refractivity contribution is -0.117. The molecule has 2 nitrogen and oxygen atoms in total. The first-order valence-corrected chi connectivity index (χ1v) is 6.17. The summed E-state index contributed by atoms with van der Waals surface area (Å²) in [5, 5.41) is 0. The summed E-state index contributed by atoms with van der Waals surface area (Å²) >= 11 is 0. The third-order valence-corrected chi connectivity index (χ3v) is 3.32. The van der Waals surface area contributed by atoms with Gasteiger partial charge in [0.2, 0.25) is 5.91 Å². The molecule has 0 radical (unpaired) electrons. The Balaban J connectivity index is 2.28. The van der Waals surface area contributed by atoms with Gasteiger partial charge in [-0.1, -0.05) is 37.3 Å². The fourth-order valence-electron chi connectivity index (χ4n) is 2.43. The van der Waals surface area contributed by atoms with Crippen LogP contribution in [-0.2, 0) is 4.79 Å². The molecule has 0 bridgehead atoms. The van der Waals surface area contributed by atoms with Crippen LogP contribution in [0.25, 0.3) is 0 Å². The van der Waals surface area contributed by atoms with Crippen LogP contribution in [0.15, 0.2) is 36.4 Å². The maximum Gasteiger partial charge on any atom is 0.231 e. The van der Waals surface area contributed by atoms with E-state index in [2.05, 4.69) is 19.6 Å². The number of carbonyl (C=O) groups is 1. The van der Waals surface area contributed by atoms with Gasteiger partial charge >= 0.3 is 0 Å². The van der Waals surface area contributed by atoms with Crippen molar-refractivity contribution in [2.75, 3.05) is 11.4 Å². The Labute approximate surface area is 103 Å². The number of benzene rings is 1. The monoisotopic (exact) mass is 229 g/mol. The molecule has 2 rings (SSSR count). The Morgan fingerprint density at radius 1 is 1.47 bits per heavy atom. The Hall–Kier alpha value is -1.57. The first kappa shape index (κ1) is 11.9. The van der Waals surface area contributed by atoms with E-state index in [0.717, 1.165) is 24.2 Å². The van der Waals surface area contributed by atoms with Gasteiger partial charge in [-0.25, -0.2) is 0 Å². The summed E-state index contributed by atoms with van der Waals surface area (Å²) in [6.45, 7) is 8.71. The number of fused-ring (bicyclic) bond motifs is 1. The summed E-state index contributed by atoms with van der Waals surface area (Å²) in [6.07, 6.45) is 1.53. The van der Waals surface area contributed by atoms with E-state index in [0.29, 0.717) is 12.3 Å². The van der Waals surface area contributed by atoms with Crippen molar-refractivity contribution in [1.29, 1.82) is 0 Å². The van der Waals surface area contributed by atoms with Crippen LogP contribution in [0, 0.1) is 0 Å². The van der Waals surface area contributed by atoms with E-state index in [1.54, 1.807) is 0 Å². The molecule has 17 heavy (non-hydrogen) atoms. The SMILES string of the molecule is C=C(C)CC(=O)N1CC(CC)c2ccccc21. The largest absolute Gasteiger partial charge is 0.311 e. The summed E-state index contributed by atoms with van der Waals surface area (Å²) in [7, 11) is 0. The van der Waals surface area contributed by atoms with E-state index in [-0.39, 0.29) is 5.91 Å². The summed E-state index contributed by atoms with van der Waals surface area (Å²) in [5.41, 5.74) is 3.32. The lowest BCUT2D eigenvalue weighted by atomic mass is 9.99. The minimum absolute atomic E-state index is 0.167. The number of para-hydroxylation sites is 1. The third kappa shape index (κ3) is 2.26. The van der Waals surface area contributed by atoms with Crippen molar-refractivity contribution in [2.45, 2.75) is 32.6 Å². The Morgan fingerprint density at radius 3 is 2.82 bits per heavy atom. The van der Waals surface area contributed by atoms with Gasteiger partial charge in [0.25, 0.3) is 0 Å². The van der Waals surface area contributed by atoms with Gasteiger partial charge in [-0.15, -0.1) is 0 Å². The molecule has 90 valence electrons. The van der Waals surface area contributed by atoms with Crippen LogP contribution in [-0.4, -0.2) is 12.5 Å². The smallest absolute Gasteiger partial charge is 0.231 e. The van der Waals surface area contributed by atoms with E-state index in [1.165, 1.54) is 5.56 Å². The molecule has 1 heterocycles. The molecule has 0 saturated carbocycles. The van der Waals surface area contributed by atoms with Crippen molar-refractivity contribution in [3.05, 3.63) is 42.0 Å². The molecular weight excluding hydrogens is 210 g/mol. The van der Waals surface area contributed by atoms with E-state index >= 15 is 0 Å². The lowest BCUT2D eigenvalue weighted by Crippen LogP contribution is -2.29. The van der Waals surface area contributed by atoms with E-state index in [4.69, 9.17) is 0 Å². The van der Waals surface area contributed by atoms with E-state index in [1.807, 2.05) is 30.0 Å². The first-order chi connectivity index (χ1) is 8.13. The number of amides is 1. The molecule has 1 unspecified atom stereocenters. The average molecular weight is 229 g/mol. The van der Waals surface area contributed by atoms with Gasteiger partial charge in [0.1, 0.15) is 0 Å². The fraction of sp³-hybridized carbons (Fsp3) is 0.400. The maximum atomic E-state index is 12.1. The van der Waals surface area contributed by atoms with E-state index in [9.17, 15) is 4.79 Å². The van der Waals surface area contributed by atoms with Gasteiger partial charge in [0.05, 0.1) is 0 Å². The van der Waals surface area contributed by atoms with Gasteiger partial charge in [0.15, 0.2) is 0 Å². The molecular formula is C15H19NO. The topological polar surface area (TPSA) is 20.3 Å². The molecule has 1 atom stereocenters. The molecule has 0 N–H and O–H groups in total. The maximum absolute atomic E-state index is 12.1. The van der Waals surface area contributed by atoms with Crippen LogP contribution in [0.2, 0.25) is 0 Å². The molecule has 0 aromatic heterocycles. The Bertz CT molecular complexity index is 450. The number of carbonyl (C=O) groups excluding carboxylic acids is 1. The second-order valence-electron chi connectivity index (χ2n) is 4.80. The van der Waals surface area contributed by atoms with Crippen molar-refractivity contribution in [1.82, 2.24) is 0 Å². The predicted octanol–water partition coefficient (Wildman–Crippen LogP) is 3.49. The Kier molecular flexibility index (Phi) is 3.32. The fourth-order valence-corrected chi connectivity index (χ4v) is 2.43. The second-order valence-corrected chi connectivity index (χ2v) is 4.80. The number of nitrogens with zero attached hydrogens (tertiary/aromatic N) is 1. The standard InChI is InChI=1S/C15H19NO/c1-4-12-10-16(15(17)9-11(2)3)14-8-6-5-7-13(12)14/h5-8,12H,2,4,9-10H2,1,3H3. The molecule has 0 saturated heterocycles. The zero-order chi connectivity index (χ0) is 12.4. The highest BCUT2D eigenvalue weighted by Gasteiger charge is 2.30. The van der Waals surface area contributed by atoms with Crippen LogP contribution in [0.4, 0.5) is 5.69 Å². The van der Waals surface area contributed by atoms with Gasteiger partial charge in [-0.3, -0.25) is 4.79 Å². The highest BCUT2D eigenvalue weighted by molar-refractivity contribution is 5.97. The molecule has 1 aromatic carbocycles. The quantitative estimate of drug-likeness (QED) is 0.726. The molecule has 2 heteroatoms. The van der Waals surface area contributed by atoms with Crippen molar-refractivity contribution in [3.63, 3.8) is 0 Å². The van der Waals surface area contributed by atoms with Gasteiger partial charge < -0.3 is 4.90 Å². The highest BCUT2D eigenvalue weighted by atomic mass is 16.2. The molecule has 1 aromatic rings. The van der Waals surface area contributed by atoms with Crippen LogP contribution >= 0.6 is 0 Å². The zero-order valence-electron chi connectivity index (χ0n) is 10.6. The summed E-state index contributed by atoms with van der Waals surface area (Å²) in [5.74, 6) is 0.654. The van der Waals surface area contributed by atoms with Crippen LogP contribution < -0.4 is 4.90 Å². The first-order valence-electron chi connectivity index (χ1n) is 6.17. The summed E-state index contributed by atoms with van der Waals surface area (Å²) in [4.78, 5) is 14.1. The number of anilines is 1. The van der Waals surface area contributed by atoms with Gasteiger partial charge in [0, 0.05) is 24.6 Å². The minimum Gasteiger partial charge on any atom is -0.311 e. The average Bonchev–Trinajstić information content (AvgIpc) is 2.67. The van der Waals surface area contributed by atoms with Crippen LogP contribution in [0.1, 0.15) is 38.2 Å². The third-order valence-electron chi connectivity index (χ3n) is 3.32. The number of hydrogen-bond acceptors (Lipinski definition) is 1. The molecule has 0 fully saturated rings. The van der Waals surface area contributed by atoms with Crippen molar-refractivity contribution in [2.24, 2.45) is 0 Å². The number of rotatable bonds is 3. The molecule has 1 aliphatic heterocycles. The normalized spacial score (nSPS) is 18.0. The zero-order valence-corrected chi connectivity index (χ0v) is 10.6. The van der Waals surface area contributed by atoms with Crippen LogP contribution in [0.3, 0.4) is 0 Å². The molecule has 0 aliphatic carbocycles. The number of hydrogen-bond donors (Lipinski definition) is 0. The summed E-state index contributed by atoms with van der Waals surface area (Å²) in [6, 6.07) is 8.23. The Morgan fingerprint density at radius 2 is 2.18 bits per heavy atom.